The van der Waals surface area contributed by atoms with Gasteiger partial charge in [0.15, 0.2) is 0 Å². The lowest BCUT2D eigenvalue weighted by atomic mass is 9.96. The van der Waals surface area contributed by atoms with E-state index in [0.717, 1.165) is 12.0 Å². The number of ether oxygens (including phenoxy) is 1. The van der Waals surface area contributed by atoms with Gasteiger partial charge in [-0.05, 0) is 31.0 Å². The van der Waals surface area contributed by atoms with Crippen LogP contribution in [0.5, 0.6) is 0 Å². The molecule has 88 valence electrons. The second-order valence-electron chi connectivity index (χ2n) is 4.21. The van der Waals surface area contributed by atoms with Crippen LogP contribution in [0.1, 0.15) is 24.3 Å². The van der Waals surface area contributed by atoms with E-state index in [-0.39, 0.29) is 11.5 Å². The minimum atomic E-state index is -0.102. The SMILES string of the molecule is CC1CC(C(Cl)c2ccc(Cl)cc2Cl)CO1. The van der Waals surface area contributed by atoms with Crippen molar-refractivity contribution in [3.05, 3.63) is 33.8 Å². The lowest BCUT2D eigenvalue weighted by molar-refractivity contribution is 0.120. The molecular weight excluding hydrogens is 266 g/mol. The molecule has 1 nitrogen and oxygen atoms in total. The lowest BCUT2D eigenvalue weighted by Crippen LogP contribution is -2.08. The van der Waals surface area contributed by atoms with Crippen LogP contribution in [0.2, 0.25) is 10.0 Å². The van der Waals surface area contributed by atoms with Crippen LogP contribution in [0, 0.1) is 5.92 Å². The topological polar surface area (TPSA) is 9.23 Å². The molecule has 1 heterocycles. The third kappa shape index (κ3) is 2.65. The lowest BCUT2D eigenvalue weighted by Gasteiger charge is -2.17. The standard InChI is InChI=1S/C12H13Cl3O/c1-7-4-8(6-16-7)12(15)10-3-2-9(13)5-11(10)14/h2-3,5,7-8,12H,4,6H2,1H3. The highest BCUT2D eigenvalue weighted by atomic mass is 35.5. The Balaban J connectivity index is 2.17. The van der Waals surface area contributed by atoms with Gasteiger partial charge in [0.05, 0.1) is 18.1 Å². The molecule has 4 heteroatoms. The third-order valence-electron chi connectivity index (χ3n) is 2.90. The fraction of sp³-hybridized carbons (Fsp3) is 0.500. The van der Waals surface area contributed by atoms with Crippen LogP contribution in [0.15, 0.2) is 18.2 Å². The molecule has 0 bridgehead atoms. The van der Waals surface area contributed by atoms with Crippen molar-refractivity contribution in [1.29, 1.82) is 0 Å². The third-order valence-corrected chi connectivity index (χ3v) is 4.06. The van der Waals surface area contributed by atoms with E-state index in [0.29, 0.717) is 22.6 Å². The van der Waals surface area contributed by atoms with Crippen LogP contribution in [-0.4, -0.2) is 12.7 Å². The second-order valence-corrected chi connectivity index (χ2v) is 5.52. The van der Waals surface area contributed by atoms with Gasteiger partial charge in [-0.15, -0.1) is 11.6 Å². The van der Waals surface area contributed by atoms with Crippen LogP contribution in [-0.2, 0) is 4.74 Å². The van der Waals surface area contributed by atoms with Crippen molar-refractivity contribution in [1.82, 2.24) is 0 Å². The average Bonchev–Trinajstić information content (AvgIpc) is 2.64. The maximum absolute atomic E-state index is 6.43. The number of hydrogen-bond acceptors (Lipinski definition) is 1. The zero-order valence-electron chi connectivity index (χ0n) is 8.92. The van der Waals surface area contributed by atoms with E-state index in [1.165, 1.54) is 0 Å². The van der Waals surface area contributed by atoms with Gasteiger partial charge in [-0.25, -0.2) is 0 Å². The zero-order valence-corrected chi connectivity index (χ0v) is 11.2. The molecule has 0 aromatic heterocycles. The first-order chi connectivity index (χ1) is 7.58. The maximum Gasteiger partial charge on any atom is 0.0650 e. The first-order valence-electron chi connectivity index (χ1n) is 5.28. The van der Waals surface area contributed by atoms with E-state index in [4.69, 9.17) is 39.5 Å². The Morgan fingerprint density at radius 2 is 2.12 bits per heavy atom. The minimum Gasteiger partial charge on any atom is -0.378 e. The molecule has 1 aliphatic rings. The van der Waals surface area contributed by atoms with E-state index in [1.807, 2.05) is 12.1 Å². The molecular formula is C12H13Cl3O. The Morgan fingerprint density at radius 1 is 1.38 bits per heavy atom. The largest absolute Gasteiger partial charge is 0.378 e. The highest BCUT2D eigenvalue weighted by molar-refractivity contribution is 6.35. The van der Waals surface area contributed by atoms with E-state index >= 15 is 0 Å². The molecule has 0 N–H and O–H groups in total. The zero-order chi connectivity index (χ0) is 11.7. The van der Waals surface area contributed by atoms with Crippen molar-refractivity contribution in [2.45, 2.75) is 24.8 Å². The monoisotopic (exact) mass is 278 g/mol. The quantitative estimate of drug-likeness (QED) is 0.713. The Morgan fingerprint density at radius 3 is 2.69 bits per heavy atom. The van der Waals surface area contributed by atoms with Gasteiger partial charge in [0, 0.05) is 16.0 Å². The van der Waals surface area contributed by atoms with Gasteiger partial charge >= 0.3 is 0 Å². The smallest absolute Gasteiger partial charge is 0.0650 e. The summed E-state index contributed by atoms with van der Waals surface area (Å²) in [6.07, 6.45) is 1.27. The number of halogens is 3. The fourth-order valence-electron chi connectivity index (χ4n) is 2.03. The second kappa shape index (κ2) is 5.14. The molecule has 16 heavy (non-hydrogen) atoms. The number of benzene rings is 1. The summed E-state index contributed by atoms with van der Waals surface area (Å²) >= 11 is 18.4. The van der Waals surface area contributed by atoms with Crippen molar-refractivity contribution in [2.75, 3.05) is 6.61 Å². The Kier molecular flexibility index (Phi) is 4.01. The highest BCUT2D eigenvalue weighted by Crippen LogP contribution is 2.39. The van der Waals surface area contributed by atoms with E-state index in [9.17, 15) is 0 Å². The maximum atomic E-state index is 6.43. The summed E-state index contributed by atoms with van der Waals surface area (Å²) in [5.74, 6) is 0.329. The summed E-state index contributed by atoms with van der Waals surface area (Å²) in [5, 5.41) is 1.16. The number of alkyl halides is 1. The Labute approximate surface area is 111 Å². The first-order valence-corrected chi connectivity index (χ1v) is 6.48. The predicted octanol–water partition coefficient (Wildman–Crippen LogP) is 4.70. The normalized spacial score (nSPS) is 27.0. The van der Waals surface area contributed by atoms with Gasteiger partial charge in [-0.3, -0.25) is 0 Å². The summed E-state index contributed by atoms with van der Waals surface area (Å²) in [6, 6.07) is 5.44. The summed E-state index contributed by atoms with van der Waals surface area (Å²) in [7, 11) is 0. The van der Waals surface area contributed by atoms with Crippen LogP contribution in [0.25, 0.3) is 0 Å². The molecule has 1 fully saturated rings. The summed E-state index contributed by atoms with van der Waals surface area (Å²) in [6.45, 7) is 2.77. The minimum absolute atomic E-state index is 0.102. The summed E-state index contributed by atoms with van der Waals surface area (Å²) in [5.41, 5.74) is 0.940. The van der Waals surface area contributed by atoms with Gasteiger partial charge in [0.25, 0.3) is 0 Å². The van der Waals surface area contributed by atoms with Gasteiger partial charge < -0.3 is 4.74 Å². The molecule has 1 aromatic carbocycles. The summed E-state index contributed by atoms with van der Waals surface area (Å²) < 4.78 is 5.52. The molecule has 2 rings (SSSR count). The van der Waals surface area contributed by atoms with Crippen molar-refractivity contribution in [2.24, 2.45) is 5.92 Å². The molecule has 1 aliphatic heterocycles. The molecule has 0 spiro atoms. The molecule has 0 aliphatic carbocycles. The van der Waals surface area contributed by atoms with Gasteiger partial charge in [0.1, 0.15) is 0 Å². The van der Waals surface area contributed by atoms with Crippen LogP contribution in [0.3, 0.4) is 0 Å². The molecule has 1 saturated heterocycles. The van der Waals surface area contributed by atoms with Crippen molar-refractivity contribution in [3.8, 4) is 0 Å². The van der Waals surface area contributed by atoms with Crippen LogP contribution >= 0.6 is 34.8 Å². The molecule has 3 unspecified atom stereocenters. The van der Waals surface area contributed by atoms with E-state index in [2.05, 4.69) is 6.92 Å². The van der Waals surface area contributed by atoms with E-state index in [1.54, 1.807) is 6.07 Å². The van der Waals surface area contributed by atoms with E-state index < -0.39 is 0 Å². The Hall–Kier alpha value is 0.0500. The van der Waals surface area contributed by atoms with Crippen LogP contribution in [0.4, 0.5) is 0 Å². The number of rotatable bonds is 2. The molecule has 1 aromatic rings. The average molecular weight is 280 g/mol. The van der Waals surface area contributed by atoms with Gasteiger partial charge in [-0.2, -0.15) is 0 Å². The number of hydrogen-bond donors (Lipinski definition) is 0. The van der Waals surface area contributed by atoms with Crippen molar-refractivity contribution < 1.29 is 4.74 Å². The van der Waals surface area contributed by atoms with Crippen LogP contribution < -0.4 is 0 Å². The Bertz CT molecular complexity index is 381. The molecule has 0 amide bonds. The molecule has 0 saturated carbocycles. The van der Waals surface area contributed by atoms with Gasteiger partial charge in [-0.1, -0.05) is 29.3 Å². The molecule has 3 atom stereocenters. The van der Waals surface area contributed by atoms with Crippen molar-refractivity contribution >= 4 is 34.8 Å². The highest BCUT2D eigenvalue weighted by Gasteiger charge is 2.30. The summed E-state index contributed by atoms with van der Waals surface area (Å²) in [4.78, 5) is 0. The van der Waals surface area contributed by atoms with Crippen molar-refractivity contribution in [3.63, 3.8) is 0 Å². The fourth-order valence-corrected chi connectivity index (χ4v) is 2.98. The van der Waals surface area contributed by atoms with Gasteiger partial charge in [0.2, 0.25) is 0 Å². The first kappa shape index (κ1) is 12.5. The molecule has 0 radical (unpaired) electrons. The predicted molar refractivity (Wildman–Crippen MR) is 68.6 cm³/mol.